The molecule has 0 aromatic carbocycles. The lowest BCUT2D eigenvalue weighted by atomic mass is 9.32. The molecular weight excluding hydrogens is 536 g/mol. The summed E-state index contributed by atoms with van der Waals surface area (Å²) in [7, 11) is 0. The fourth-order valence-electron chi connectivity index (χ4n) is 12.5. The van der Waals surface area contributed by atoms with Gasteiger partial charge < -0.3 is 20.4 Å². The number of carbonyl (C=O) groups is 1. The van der Waals surface area contributed by atoms with Crippen LogP contribution in [0.3, 0.4) is 0 Å². The number of aliphatic hydroxyl groups excluding tert-OH is 4. The fourth-order valence-corrected chi connectivity index (χ4v) is 12.5. The Kier molecular flexibility index (Phi) is 7.89. The second-order valence-electron chi connectivity index (χ2n) is 17.2. The van der Waals surface area contributed by atoms with Crippen molar-refractivity contribution >= 4 is 5.78 Å². The van der Waals surface area contributed by atoms with Gasteiger partial charge >= 0.3 is 0 Å². The Morgan fingerprint density at radius 3 is 2.40 bits per heavy atom. The molecular formula is C38H58O5. The third-order valence-corrected chi connectivity index (χ3v) is 15.3. The highest BCUT2D eigenvalue weighted by Gasteiger charge is 2.73. The van der Waals surface area contributed by atoms with Crippen LogP contribution in [-0.2, 0) is 4.79 Å². The van der Waals surface area contributed by atoms with E-state index >= 15 is 0 Å². The Bertz CT molecular complexity index is 1210. The molecule has 1 spiro atoms. The molecule has 0 heterocycles. The van der Waals surface area contributed by atoms with Gasteiger partial charge in [0.05, 0.1) is 18.8 Å². The summed E-state index contributed by atoms with van der Waals surface area (Å²) in [5, 5.41) is 46.0. The molecule has 4 fully saturated rings. The van der Waals surface area contributed by atoms with Gasteiger partial charge in [0.2, 0.25) is 0 Å². The van der Waals surface area contributed by atoms with Crippen molar-refractivity contribution in [2.45, 2.75) is 149 Å². The second-order valence-corrected chi connectivity index (χ2v) is 17.2. The maximum absolute atomic E-state index is 14.9. The Morgan fingerprint density at radius 2 is 1.67 bits per heavy atom. The van der Waals surface area contributed by atoms with Crippen LogP contribution >= 0.6 is 0 Å². The van der Waals surface area contributed by atoms with Crippen molar-refractivity contribution in [3.05, 3.63) is 11.6 Å². The van der Waals surface area contributed by atoms with Crippen molar-refractivity contribution in [1.29, 1.82) is 0 Å². The molecule has 12 atom stereocenters. The molecule has 0 aliphatic heterocycles. The summed E-state index contributed by atoms with van der Waals surface area (Å²) in [5.74, 6) is 6.42. The number of unbranched alkanes of at least 4 members (excludes halogenated alkanes) is 3. The van der Waals surface area contributed by atoms with Crippen LogP contribution in [0.25, 0.3) is 0 Å². The van der Waals surface area contributed by atoms with Gasteiger partial charge in [-0.3, -0.25) is 4.79 Å². The first-order valence-corrected chi connectivity index (χ1v) is 17.7. The first-order valence-electron chi connectivity index (χ1n) is 17.7. The number of aliphatic hydroxyl groups is 4. The number of fused-ring (bicyclic) bond motifs is 9. The molecule has 0 radical (unpaired) electrons. The quantitative estimate of drug-likeness (QED) is 0.212. The van der Waals surface area contributed by atoms with Crippen molar-refractivity contribution in [3.8, 4) is 11.8 Å². The lowest BCUT2D eigenvalue weighted by Crippen LogP contribution is -2.70. The third-order valence-electron chi connectivity index (χ3n) is 15.3. The summed E-state index contributed by atoms with van der Waals surface area (Å²) >= 11 is 0. The van der Waals surface area contributed by atoms with Gasteiger partial charge in [0, 0.05) is 23.2 Å². The minimum Gasteiger partial charge on any atom is -0.396 e. The van der Waals surface area contributed by atoms with E-state index in [4.69, 9.17) is 0 Å². The van der Waals surface area contributed by atoms with Gasteiger partial charge in [0.25, 0.3) is 0 Å². The summed E-state index contributed by atoms with van der Waals surface area (Å²) in [4.78, 5) is 14.9. The highest BCUT2D eigenvalue weighted by molar-refractivity contribution is 5.95. The predicted octanol–water partition coefficient (Wildman–Crippen LogP) is 6.36. The summed E-state index contributed by atoms with van der Waals surface area (Å²) in [6.45, 7) is 11.3. The predicted molar refractivity (Wildman–Crippen MR) is 169 cm³/mol. The van der Waals surface area contributed by atoms with E-state index in [-0.39, 0.29) is 51.8 Å². The molecule has 4 N–H and O–H groups in total. The zero-order valence-corrected chi connectivity index (χ0v) is 27.6. The third kappa shape index (κ3) is 4.21. The molecule has 0 aromatic rings. The van der Waals surface area contributed by atoms with Crippen molar-refractivity contribution in [1.82, 2.24) is 0 Å². The highest BCUT2D eigenvalue weighted by Crippen LogP contribution is 2.76. The number of rotatable bonds is 6. The van der Waals surface area contributed by atoms with E-state index in [1.165, 1.54) is 12.0 Å². The van der Waals surface area contributed by atoms with E-state index in [1.54, 1.807) is 0 Å². The van der Waals surface area contributed by atoms with Gasteiger partial charge in [-0.05, 0) is 104 Å². The average molecular weight is 595 g/mol. The van der Waals surface area contributed by atoms with Crippen molar-refractivity contribution < 1.29 is 25.2 Å². The topological polar surface area (TPSA) is 98.0 Å². The number of carbonyl (C=O) groups excluding carboxylic acids is 1. The number of hydrogen-bond donors (Lipinski definition) is 4. The summed E-state index contributed by atoms with van der Waals surface area (Å²) in [6.07, 6.45) is 13.4. The molecule has 12 unspecified atom stereocenters. The lowest BCUT2D eigenvalue weighted by Gasteiger charge is -2.72. The Labute approximate surface area is 260 Å². The van der Waals surface area contributed by atoms with E-state index in [9.17, 15) is 25.2 Å². The molecule has 7 aliphatic rings. The Hall–Kier alpha value is -1.19. The monoisotopic (exact) mass is 594 g/mol. The van der Waals surface area contributed by atoms with Crippen LogP contribution in [0, 0.1) is 62.1 Å². The van der Waals surface area contributed by atoms with Crippen LogP contribution in [0.15, 0.2) is 11.6 Å². The minimum absolute atomic E-state index is 0.0632. The molecule has 4 saturated carbocycles. The SMILES string of the molecule is CCCCCCC12CCC(O)C(C)(CO)C1CCC1(C)C2C(=O)C=C2C3CC4(C)CCC#CC(O)C3(CC4)C(O)CC21C. The van der Waals surface area contributed by atoms with Crippen LogP contribution in [-0.4, -0.2) is 51.1 Å². The lowest BCUT2D eigenvalue weighted by molar-refractivity contribution is -0.232. The maximum atomic E-state index is 14.9. The molecule has 7 aliphatic carbocycles. The number of hydrogen-bond acceptors (Lipinski definition) is 5. The summed E-state index contributed by atoms with van der Waals surface area (Å²) in [6, 6.07) is 0. The summed E-state index contributed by atoms with van der Waals surface area (Å²) in [5.41, 5.74) is -1.13. The standard InChI is InChI=1S/C38H58O5/c1-6-7-8-10-16-37-18-14-29(41)34(3,24-39)28(37)13-17-35(4)32(37)27(40)21-25-26-22-33(2)15-11-9-12-30(42)38(26,20-19-33)31(43)23-36(25,35)5/h21,26,28-32,39,41-43H,6-8,10-11,13-20,22-24H2,1-5H3. The second kappa shape index (κ2) is 10.7. The smallest absolute Gasteiger partial charge is 0.159 e. The van der Waals surface area contributed by atoms with Crippen molar-refractivity contribution in [3.63, 3.8) is 0 Å². The van der Waals surface area contributed by atoms with Gasteiger partial charge in [-0.2, -0.15) is 0 Å². The number of allylic oxidation sites excluding steroid dienone is 2. The van der Waals surface area contributed by atoms with Crippen LogP contribution in [0.2, 0.25) is 0 Å². The van der Waals surface area contributed by atoms with Gasteiger partial charge in [0.1, 0.15) is 6.10 Å². The molecule has 5 heteroatoms. The molecule has 0 saturated heterocycles. The van der Waals surface area contributed by atoms with Crippen LogP contribution in [0.4, 0.5) is 0 Å². The van der Waals surface area contributed by atoms with Gasteiger partial charge in [0.15, 0.2) is 5.78 Å². The molecule has 43 heavy (non-hydrogen) atoms. The van der Waals surface area contributed by atoms with E-state index in [0.717, 1.165) is 77.0 Å². The van der Waals surface area contributed by atoms with Crippen LogP contribution in [0.5, 0.6) is 0 Å². The van der Waals surface area contributed by atoms with Crippen molar-refractivity contribution in [2.24, 2.45) is 50.2 Å². The molecule has 0 amide bonds. The largest absolute Gasteiger partial charge is 0.396 e. The fraction of sp³-hybridized carbons (Fsp3) is 0.868. The van der Waals surface area contributed by atoms with Crippen LogP contribution < -0.4 is 0 Å². The molecule has 0 aromatic heterocycles. The summed E-state index contributed by atoms with van der Waals surface area (Å²) < 4.78 is 0. The average Bonchev–Trinajstić information content (AvgIpc) is 3.06. The van der Waals surface area contributed by atoms with Gasteiger partial charge in [-0.25, -0.2) is 0 Å². The zero-order valence-electron chi connectivity index (χ0n) is 27.6. The van der Waals surface area contributed by atoms with E-state index < -0.39 is 29.1 Å². The zero-order chi connectivity index (χ0) is 31.1. The van der Waals surface area contributed by atoms with Crippen LogP contribution in [0.1, 0.15) is 131 Å². The Balaban J connectivity index is 1.50. The number of ketones is 1. The highest BCUT2D eigenvalue weighted by atomic mass is 16.3. The van der Waals surface area contributed by atoms with E-state index in [0.29, 0.717) is 12.8 Å². The van der Waals surface area contributed by atoms with E-state index in [1.807, 2.05) is 6.08 Å². The first kappa shape index (κ1) is 31.8. The van der Waals surface area contributed by atoms with E-state index in [2.05, 4.69) is 46.5 Å². The maximum Gasteiger partial charge on any atom is 0.159 e. The molecule has 5 nitrogen and oxygen atoms in total. The van der Waals surface area contributed by atoms with Gasteiger partial charge in [-0.1, -0.05) is 71.8 Å². The normalized spacial score (nSPS) is 52.2. The van der Waals surface area contributed by atoms with Gasteiger partial charge in [-0.15, -0.1) is 5.92 Å². The van der Waals surface area contributed by atoms with Crippen molar-refractivity contribution in [2.75, 3.05) is 6.61 Å². The Morgan fingerprint density at radius 1 is 0.907 bits per heavy atom. The molecule has 240 valence electrons. The minimum atomic E-state index is -0.896. The molecule has 7 rings (SSSR count). The molecule has 2 bridgehead atoms. The first-order chi connectivity index (χ1) is 20.3.